The molecular formula is C18H21N3O2. The van der Waals surface area contributed by atoms with Gasteiger partial charge in [-0.05, 0) is 31.4 Å². The van der Waals surface area contributed by atoms with Crippen molar-refractivity contribution in [3.05, 3.63) is 36.5 Å². The largest absolute Gasteiger partial charge is 0.341 e. The van der Waals surface area contributed by atoms with Crippen LogP contribution in [0.25, 0.3) is 10.9 Å². The zero-order chi connectivity index (χ0) is 16.2. The zero-order valence-corrected chi connectivity index (χ0v) is 13.4. The molecule has 0 N–H and O–H groups in total. The Kier molecular flexibility index (Phi) is 4.55. The Hall–Kier alpha value is -2.43. The quantitative estimate of drug-likeness (QED) is 0.875. The second-order valence-corrected chi connectivity index (χ2v) is 5.90. The number of carbonyl (C=O) groups is 2. The minimum atomic E-state index is -0.145. The van der Waals surface area contributed by atoms with Crippen LogP contribution in [0.15, 0.2) is 36.5 Å². The fourth-order valence-electron chi connectivity index (χ4n) is 3.05. The summed E-state index contributed by atoms with van der Waals surface area (Å²) in [6, 6.07) is 9.51. The van der Waals surface area contributed by atoms with Crippen molar-refractivity contribution in [2.45, 2.75) is 26.2 Å². The monoisotopic (exact) mass is 311 g/mol. The smallest absolute Gasteiger partial charge is 0.242 e. The molecule has 0 unspecified atom stereocenters. The van der Waals surface area contributed by atoms with Crippen molar-refractivity contribution in [1.29, 1.82) is 0 Å². The highest BCUT2D eigenvalue weighted by molar-refractivity contribution is 6.04. The summed E-state index contributed by atoms with van der Waals surface area (Å²) < 4.78 is 0. The number of hydrogen-bond donors (Lipinski definition) is 0. The molecule has 1 aliphatic heterocycles. The van der Waals surface area contributed by atoms with Gasteiger partial charge in [0.2, 0.25) is 11.8 Å². The van der Waals surface area contributed by atoms with Crippen LogP contribution in [0.1, 0.15) is 26.2 Å². The molecule has 23 heavy (non-hydrogen) atoms. The molecule has 3 rings (SSSR count). The first-order valence-corrected chi connectivity index (χ1v) is 8.06. The molecule has 0 spiro atoms. The van der Waals surface area contributed by atoms with Crippen LogP contribution in [0.2, 0.25) is 0 Å². The predicted molar refractivity (Wildman–Crippen MR) is 90.2 cm³/mol. The van der Waals surface area contributed by atoms with Crippen LogP contribution in [0.3, 0.4) is 0 Å². The molecule has 120 valence electrons. The van der Waals surface area contributed by atoms with Crippen LogP contribution in [0, 0.1) is 0 Å². The van der Waals surface area contributed by atoms with Gasteiger partial charge in [-0.2, -0.15) is 0 Å². The van der Waals surface area contributed by atoms with Crippen molar-refractivity contribution in [2.24, 2.45) is 0 Å². The summed E-state index contributed by atoms with van der Waals surface area (Å²) in [5.74, 6) is -0.138. The Balaban J connectivity index is 1.89. The number of pyridine rings is 1. The Bertz CT molecular complexity index is 718. The summed E-state index contributed by atoms with van der Waals surface area (Å²) in [7, 11) is 0. The van der Waals surface area contributed by atoms with Crippen molar-refractivity contribution in [1.82, 2.24) is 9.88 Å². The number of aromatic nitrogens is 1. The molecule has 1 aliphatic rings. The molecule has 2 heterocycles. The van der Waals surface area contributed by atoms with Gasteiger partial charge < -0.3 is 9.80 Å². The van der Waals surface area contributed by atoms with E-state index < -0.39 is 0 Å². The zero-order valence-electron chi connectivity index (χ0n) is 13.4. The lowest BCUT2D eigenvalue weighted by Gasteiger charge is -2.30. The van der Waals surface area contributed by atoms with Gasteiger partial charge in [-0.3, -0.25) is 14.6 Å². The Morgan fingerprint density at radius 2 is 1.87 bits per heavy atom. The fraction of sp³-hybridized carbons (Fsp3) is 0.389. The number of anilines is 1. The number of hydrogen-bond acceptors (Lipinski definition) is 3. The molecule has 5 nitrogen and oxygen atoms in total. The van der Waals surface area contributed by atoms with E-state index >= 15 is 0 Å². The molecule has 0 aliphatic carbocycles. The summed E-state index contributed by atoms with van der Waals surface area (Å²) in [4.78, 5) is 32.4. The van der Waals surface area contributed by atoms with Gasteiger partial charge in [-0.15, -0.1) is 0 Å². The second-order valence-electron chi connectivity index (χ2n) is 5.90. The maximum atomic E-state index is 12.5. The number of nitrogens with zero attached hydrogens (tertiary/aromatic N) is 3. The molecule has 2 aromatic rings. The highest BCUT2D eigenvalue weighted by Crippen LogP contribution is 2.25. The van der Waals surface area contributed by atoms with Crippen LogP contribution in [-0.4, -0.2) is 41.3 Å². The maximum Gasteiger partial charge on any atom is 0.242 e. The molecule has 1 aromatic carbocycles. The summed E-state index contributed by atoms with van der Waals surface area (Å²) >= 11 is 0. The summed E-state index contributed by atoms with van der Waals surface area (Å²) in [6.07, 6.45) is 4.97. The van der Waals surface area contributed by atoms with Crippen LogP contribution >= 0.6 is 0 Å². The van der Waals surface area contributed by atoms with E-state index in [4.69, 9.17) is 0 Å². The van der Waals surface area contributed by atoms with Crippen molar-refractivity contribution < 1.29 is 9.59 Å². The molecular weight excluding hydrogens is 290 g/mol. The summed E-state index contributed by atoms with van der Waals surface area (Å²) in [6.45, 7) is 3.15. The lowest BCUT2D eigenvalue weighted by Crippen LogP contribution is -2.44. The van der Waals surface area contributed by atoms with E-state index in [0.717, 1.165) is 36.8 Å². The van der Waals surface area contributed by atoms with Gasteiger partial charge in [0.05, 0.1) is 11.2 Å². The molecule has 5 heteroatoms. The van der Waals surface area contributed by atoms with E-state index in [1.165, 1.54) is 18.2 Å². The first-order chi connectivity index (χ1) is 11.2. The van der Waals surface area contributed by atoms with Crippen molar-refractivity contribution in [3.8, 4) is 0 Å². The average molecular weight is 311 g/mol. The fourth-order valence-corrected chi connectivity index (χ4v) is 3.05. The molecule has 1 aromatic heterocycles. The minimum Gasteiger partial charge on any atom is -0.341 e. The van der Waals surface area contributed by atoms with Crippen molar-refractivity contribution >= 4 is 28.4 Å². The molecule has 2 amide bonds. The standard InChI is InChI=1S/C18H21N3O2/c1-14(22)21(13-17(23)20-11-3-2-4-12-20)16-9-5-7-15-8-6-10-19-18(15)16/h5-10H,2-4,11-13H2,1H3. The third-order valence-electron chi connectivity index (χ3n) is 4.28. The Labute approximate surface area is 135 Å². The van der Waals surface area contributed by atoms with Crippen LogP contribution < -0.4 is 4.90 Å². The van der Waals surface area contributed by atoms with Crippen LogP contribution in [-0.2, 0) is 9.59 Å². The summed E-state index contributed by atoms with van der Waals surface area (Å²) in [5, 5.41) is 0.960. The van der Waals surface area contributed by atoms with Crippen molar-refractivity contribution in [3.63, 3.8) is 0 Å². The number of rotatable bonds is 3. The first kappa shape index (κ1) is 15.5. The van der Waals surface area contributed by atoms with E-state index in [2.05, 4.69) is 4.98 Å². The number of para-hydroxylation sites is 1. The SMILES string of the molecule is CC(=O)N(CC(=O)N1CCCCC1)c1cccc2cccnc12. The molecule has 1 fully saturated rings. The van der Waals surface area contributed by atoms with Crippen molar-refractivity contribution in [2.75, 3.05) is 24.5 Å². The molecule has 0 atom stereocenters. The molecule has 0 radical (unpaired) electrons. The van der Waals surface area contributed by atoms with Gasteiger partial charge >= 0.3 is 0 Å². The third-order valence-corrected chi connectivity index (χ3v) is 4.28. The van der Waals surface area contributed by atoms with Gasteiger partial charge in [-0.25, -0.2) is 0 Å². The summed E-state index contributed by atoms with van der Waals surface area (Å²) in [5.41, 5.74) is 1.44. The van der Waals surface area contributed by atoms with Gasteiger partial charge in [-0.1, -0.05) is 18.2 Å². The van der Waals surface area contributed by atoms with Gasteiger partial charge in [0.1, 0.15) is 6.54 Å². The van der Waals surface area contributed by atoms with E-state index in [0.29, 0.717) is 5.69 Å². The van der Waals surface area contributed by atoms with Gasteiger partial charge in [0, 0.05) is 31.6 Å². The molecule has 0 bridgehead atoms. The Morgan fingerprint density at radius 1 is 1.13 bits per heavy atom. The number of fused-ring (bicyclic) bond motifs is 1. The second kappa shape index (κ2) is 6.77. The normalized spacial score (nSPS) is 14.7. The third kappa shape index (κ3) is 3.33. The Morgan fingerprint density at radius 3 is 2.61 bits per heavy atom. The lowest BCUT2D eigenvalue weighted by molar-refractivity contribution is -0.132. The van der Waals surface area contributed by atoms with E-state index in [1.807, 2.05) is 35.2 Å². The maximum absolute atomic E-state index is 12.5. The highest BCUT2D eigenvalue weighted by atomic mass is 16.2. The highest BCUT2D eigenvalue weighted by Gasteiger charge is 2.23. The van der Waals surface area contributed by atoms with Gasteiger partial charge in [0.25, 0.3) is 0 Å². The number of amides is 2. The van der Waals surface area contributed by atoms with Gasteiger partial charge in [0.15, 0.2) is 0 Å². The van der Waals surface area contributed by atoms with E-state index in [9.17, 15) is 9.59 Å². The minimum absolute atomic E-state index is 0.00725. The van der Waals surface area contributed by atoms with Crippen LogP contribution in [0.5, 0.6) is 0 Å². The number of likely N-dealkylation sites (tertiary alicyclic amines) is 1. The van der Waals surface area contributed by atoms with Crippen LogP contribution in [0.4, 0.5) is 5.69 Å². The average Bonchev–Trinajstić information content (AvgIpc) is 2.59. The number of piperidine rings is 1. The number of carbonyl (C=O) groups excluding carboxylic acids is 2. The first-order valence-electron chi connectivity index (χ1n) is 8.06. The topological polar surface area (TPSA) is 53.5 Å². The lowest BCUT2D eigenvalue weighted by atomic mass is 10.1. The molecule has 0 saturated carbocycles. The number of benzene rings is 1. The van der Waals surface area contributed by atoms with E-state index in [-0.39, 0.29) is 18.4 Å². The van der Waals surface area contributed by atoms with E-state index in [1.54, 1.807) is 6.20 Å². The molecule has 1 saturated heterocycles. The predicted octanol–water partition coefficient (Wildman–Crippen LogP) is 2.60.